The minimum absolute atomic E-state index is 0.668. The Balaban J connectivity index is 2.29. The topological polar surface area (TPSA) is 47.0 Å². The minimum Gasteiger partial charge on any atom is -0.381 e. The molecule has 0 aliphatic rings. The summed E-state index contributed by atoms with van der Waals surface area (Å²) in [4.78, 5) is 8.63. The number of ether oxygens (including phenoxy) is 1. The molecule has 0 aliphatic heterocycles. The van der Waals surface area contributed by atoms with E-state index < -0.39 is 0 Å². The molecule has 0 radical (unpaired) electrons. The lowest BCUT2D eigenvalue weighted by atomic mass is 10.2. The van der Waals surface area contributed by atoms with Gasteiger partial charge in [0.2, 0.25) is 0 Å². The lowest BCUT2D eigenvalue weighted by molar-refractivity contribution is 0.149. The van der Waals surface area contributed by atoms with Crippen LogP contribution in [0.4, 0.5) is 0 Å². The average Bonchev–Trinajstić information content (AvgIpc) is 2.31. The molecule has 1 aromatic rings. The first-order valence-corrected chi connectivity index (χ1v) is 6.30. The molecule has 4 heteroatoms. The Kier molecular flexibility index (Phi) is 6.74. The van der Waals surface area contributed by atoms with Gasteiger partial charge in [0.05, 0.1) is 6.61 Å². The van der Waals surface area contributed by atoms with E-state index in [0.29, 0.717) is 12.5 Å². The van der Waals surface area contributed by atoms with Crippen LogP contribution < -0.4 is 5.32 Å². The van der Waals surface area contributed by atoms with Crippen molar-refractivity contribution in [1.82, 2.24) is 15.3 Å². The monoisotopic (exact) mass is 237 g/mol. The predicted octanol–water partition coefficient (Wildman–Crippen LogP) is 1.80. The fourth-order valence-corrected chi connectivity index (χ4v) is 1.41. The molecule has 0 atom stereocenters. The van der Waals surface area contributed by atoms with Crippen molar-refractivity contribution in [3.8, 4) is 0 Å². The summed E-state index contributed by atoms with van der Waals surface area (Å²) in [5, 5.41) is 3.37. The highest BCUT2D eigenvalue weighted by atomic mass is 16.5. The SMILES string of the molecule is CCOCCc1ncc(CNCC(C)C)cn1. The Labute approximate surface area is 104 Å². The molecule has 1 aromatic heterocycles. The van der Waals surface area contributed by atoms with E-state index >= 15 is 0 Å². The van der Waals surface area contributed by atoms with Gasteiger partial charge in [-0.2, -0.15) is 0 Å². The van der Waals surface area contributed by atoms with Crippen LogP contribution in [0.3, 0.4) is 0 Å². The van der Waals surface area contributed by atoms with Crippen molar-refractivity contribution >= 4 is 0 Å². The predicted molar refractivity (Wildman–Crippen MR) is 68.8 cm³/mol. The van der Waals surface area contributed by atoms with E-state index in [1.165, 1.54) is 0 Å². The second-order valence-corrected chi connectivity index (χ2v) is 4.48. The quantitative estimate of drug-likeness (QED) is 0.700. The van der Waals surface area contributed by atoms with Gasteiger partial charge in [0.1, 0.15) is 5.82 Å². The van der Waals surface area contributed by atoms with Gasteiger partial charge in [0, 0.05) is 37.5 Å². The number of nitrogens with zero attached hydrogens (tertiary/aromatic N) is 2. The van der Waals surface area contributed by atoms with Crippen molar-refractivity contribution in [3.63, 3.8) is 0 Å². The lowest BCUT2D eigenvalue weighted by Crippen LogP contribution is -2.19. The summed E-state index contributed by atoms with van der Waals surface area (Å²) in [6.45, 7) is 9.68. The summed E-state index contributed by atoms with van der Waals surface area (Å²) in [5.74, 6) is 1.52. The second kappa shape index (κ2) is 8.14. The third kappa shape index (κ3) is 6.34. The third-order valence-electron chi connectivity index (χ3n) is 2.31. The summed E-state index contributed by atoms with van der Waals surface area (Å²) < 4.78 is 5.27. The van der Waals surface area contributed by atoms with Crippen LogP contribution in [0.2, 0.25) is 0 Å². The summed E-state index contributed by atoms with van der Waals surface area (Å²) in [7, 11) is 0. The first-order chi connectivity index (χ1) is 8.22. The van der Waals surface area contributed by atoms with Crippen LogP contribution >= 0.6 is 0 Å². The maximum atomic E-state index is 5.27. The molecule has 1 N–H and O–H groups in total. The number of hydrogen-bond donors (Lipinski definition) is 1. The molecule has 1 heterocycles. The molecule has 0 spiro atoms. The summed E-state index contributed by atoms with van der Waals surface area (Å²) >= 11 is 0. The van der Waals surface area contributed by atoms with Crippen molar-refractivity contribution in [2.45, 2.75) is 33.7 Å². The standard InChI is InChI=1S/C13H23N3O/c1-4-17-6-5-13-15-9-12(10-16-13)8-14-7-11(2)3/h9-11,14H,4-8H2,1-3H3. The van der Waals surface area contributed by atoms with Gasteiger partial charge in [-0.3, -0.25) is 0 Å². The molecule has 0 aliphatic carbocycles. The lowest BCUT2D eigenvalue weighted by Gasteiger charge is -2.07. The first kappa shape index (κ1) is 14.1. The molecular formula is C13H23N3O. The van der Waals surface area contributed by atoms with Gasteiger partial charge in [-0.1, -0.05) is 13.8 Å². The largest absolute Gasteiger partial charge is 0.381 e. The number of hydrogen-bond acceptors (Lipinski definition) is 4. The van der Waals surface area contributed by atoms with Gasteiger partial charge in [-0.05, 0) is 19.4 Å². The van der Waals surface area contributed by atoms with E-state index in [9.17, 15) is 0 Å². The molecule has 1 rings (SSSR count). The first-order valence-electron chi connectivity index (χ1n) is 6.30. The van der Waals surface area contributed by atoms with Crippen LogP contribution in [0.5, 0.6) is 0 Å². The van der Waals surface area contributed by atoms with Crippen LogP contribution in [-0.4, -0.2) is 29.7 Å². The molecule has 0 amide bonds. The zero-order valence-corrected chi connectivity index (χ0v) is 11.1. The zero-order chi connectivity index (χ0) is 12.5. The van der Waals surface area contributed by atoms with Crippen molar-refractivity contribution in [3.05, 3.63) is 23.8 Å². The smallest absolute Gasteiger partial charge is 0.130 e. The van der Waals surface area contributed by atoms with Gasteiger partial charge < -0.3 is 10.1 Å². The molecule has 0 unspecified atom stereocenters. The molecule has 0 bridgehead atoms. The van der Waals surface area contributed by atoms with Crippen LogP contribution in [0.1, 0.15) is 32.2 Å². The van der Waals surface area contributed by atoms with Crippen LogP contribution in [-0.2, 0) is 17.7 Å². The highest BCUT2D eigenvalue weighted by molar-refractivity contribution is 5.04. The van der Waals surface area contributed by atoms with Crippen LogP contribution in [0.15, 0.2) is 12.4 Å². The van der Waals surface area contributed by atoms with Gasteiger partial charge in [0.15, 0.2) is 0 Å². The molecule has 0 fully saturated rings. The molecule has 0 aromatic carbocycles. The number of aromatic nitrogens is 2. The fraction of sp³-hybridized carbons (Fsp3) is 0.692. The van der Waals surface area contributed by atoms with E-state index in [1.54, 1.807) is 0 Å². The highest BCUT2D eigenvalue weighted by Crippen LogP contribution is 1.98. The van der Waals surface area contributed by atoms with Crippen molar-refractivity contribution in [2.24, 2.45) is 5.92 Å². The average molecular weight is 237 g/mol. The van der Waals surface area contributed by atoms with Crippen LogP contribution in [0.25, 0.3) is 0 Å². The number of rotatable bonds is 8. The van der Waals surface area contributed by atoms with Gasteiger partial charge >= 0.3 is 0 Å². The fourth-order valence-electron chi connectivity index (χ4n) is 1.41. The molecule has 0 saturated carbocycles. The molecule has 17 heavy (non-hydrogen) atoms. The summed E-state index contributed by atoms with van der Waals surface area (Å²) in [6, 6.07) is 0. The Bertz CT molecular complexity index is 298. The molecule has 96 valence electrons. The molecule has 0 saturated heterocycles. The summed E-state index contributed by atoms with van der Waals surface area (Å²) in [6.07, 6.45) is 4.57. The van der Waals surface area contributed by atoms with Gasteiger partial charge in [0.25, 0.3) is 0 Å². The van der Waals surface area contributed by atoms with E-state index in [2.05, 4.69) is 29.1 Å². The number of nitrogens with one attached hydrogen (secondary N) is 1. The van der Waals surface area contributed by atoms with Gasteiger partial charge in [-0.25, -0.2) is 9.97 Å². The van der Waals surface area contributed by atoms with Gasteiger partial charge in [-0.15, -0.1) is 0 Å². The second-order valence-electron chi connectivity index (χ2n) is 4.48. The van der Waals surface area contributed by atoms with E-state index in [0.717, 1.165) is 37.5 Å². The van der Waals surface area contributed by atoms with Crippen LogP contribution in [0, 0.1) is 5.92 Å². The van der Waals surface area contributed by atoms with Crippen molar-refractivity contribution < 1.29 is 4.74 Å². The molecular weight excluding hydrogens is 214 g/mol. The van der Waals surface area contributed by atoms with Crippen molar-refractivity contribution in [2.75, 3.05) is 19.8 Å². The molecule has 4 nitrogen and oxygen atoms in total. The zero-order valence-electron chi connectivity index (χ0n) is 11.1. The highest BCUT2D eigenvalue weighted by Gasteiger charge is 1.99. The third-order valence-corrected chi connectivity index (χ3v) is 2.31. The minimum atomic E-state index is 0.668. The van der Waals surface area contributed by atoms with E-state index in [-0.39, 0.29) is 0 Å². The Morgan fingerprint density at radius 1 is 1.29 bits per heavy atom. The van der Waals surface area contributed by atoms with Crippen molar-refractivity contribution in [1.29, 1.82) is 0 Å². The van der Waals surface area contributed by atoms with E-state index in [4.69, 9.17) is 4.74 Å². The van der Waals surface area contributed by atoms with E-state index in [1.807, 2.05) is 19.3 Å². The Morgan fingerprint density at radius 3 is 2.59 bits per heavy atom. The Hall–Kier alpha value is -1.00. The maximum Gasteiger partial charge on any atom is 0.130 e. The Morgan fingerprint density at radius 2 is 2.00 bits per heavy atom. The maximum absolute atomic E-state index is 5.27. The normalized spacial score (nSPS) is 11.1. The summed E-state index contributed by atoms with van der Waals surface area (Å²) in [5.41, 5.74) is 1.13.